The van der Waals surface area contributed by atoms with Crippen LogP contribution in [0.2, 0.25) is 0 Å². The molecule has 4 aromatic rings. The molecule has 4 rings (SSSR count). The largest absolute Gasteiger partial charge is 0.459 e. The first-order valence-electron chi connectivity index (χ1n) is 8.18. The van der Waals surface area contributed by atoms with Gasteiger partial charge in [-0.3, -0.25) is 9.59 Å². The van der Waals surface area contributed by atoms with Crippen LogP contribution in [0.4, 0.5) is 10.7 Å². The smallest absolute Gasteiger partial charge is 0.291 e. The zero-order valence-corrected chi connectivity index (χ0v) is 15.4. The Morgan fingerprint density at radius 1 is 1.18 bits per heavy atom. The number of nitrogens with one attached hydrogen (secondary N) is 2. The first kappa shape index (κ1) is 17.6. The van der Waals surface area contributed by atoms with E-state index in [1.54, 1.807) is 37.3 Å². The van der Waals surface area contributed by atoms with Crippen molar-refractivity contribution in [3.8, 4) is 5.82 Å². The highest BCUT2D eigenvalue weighted by molar-refractivity contribution is 7.18. The topological polar surface area (TPSA) is 115 Å². The van der Waals surface area contributed by atoms with Crippen LogP contribution in [0, 0.1) is 6.92 Å². The summed E-state index contributed by atoms with van der Waals surface area (Å²) >= 11 is 1.19. The van der Waals surface area contributed by atoms with Crippen LogP contribution in [0.15, 0.2) is 59.9 Å². The summed E-state index contributed by atoms with van der Waals surface area (Å²) in [4.78, 5) is 33.3. The third kappa shape index (κ3) is 3.67. The van der Waals surface area contributed by atoms with Crippen molar-refractivity contribution in [1.82, 2.24) is 19.7 Å². The Morgan fingerprint density at radius 2 is 2.07 bits per heavy atom. The average Bonchev–Trinajstić information content (AvgIpc) is 3.44. The van der Waals surface area contributed by atoms with Gasteiger partial charge in [0.25, 0.3) is 11.8 Å². The second-order valence-electron chi connectivity index (χ2n) is 5.75. The number of thiophene rings is 1. The molecule has 0 saturated heterocycles. The molecule has 0 atom stereocenters. The first-order valence-corrected chi connectivity index (χ1v) is 8.99. The predicted octanol–water partition coefficient (Wildman–Crippen LogP) is 3.13. The molecule has 0 aromatic carbocycles. The summed E-state index contributed by atoms with van der Waals surface area (Å²) in [5.41, 5.74) is 1.30. The lowest BCUT2D eigenvalue weighted by Crippen LogP contribution is -2.12. The van der Waals surface area contributed by atoms with E-state index in [1.165, 1.54) is 41.1 Å². The molecule has 28 heavy (non-hydrogen) atoms. The number of hydrogen-bond donors (Lipinski definition) is 2. The number of carbonyl (C=O) groups excluding carboxylic acids is 2. The predicted molar refractivity (Wildman–Crippen MR) is 103 cm³/mol. The quantitative estimate of drug-likeness (QED) is 0.537. The second kappa shape index (κ2) is 7.45. The lowest BCUT2D eigenvalue weighted by atomic mass is 10.2. The fraction of sp³-hybridized carbons (Fsp3) is 0.0556. The van der Waals surface area contributed by atoms with Crippen molar-refractivity contribution in [1.29, 1.82) is 0 Å². The van der Waals surface area contributed by atoms with Gasteiger partial charge in [-0.15, -0.1) is 11.3 Å². The Balaban J connectivity index is 1.45. The molecule has 4 heterocycles. The van der Waals surface area contributed by atoms with Crippen LogP contribution in [0.25, 0.3) is 5.82 Å². The Bertz CT molecular complexity index is 1100. The maximum Gasteiger partial charge on any atom is 0.291 e. The van der Waals surface area contributed by atoms with E-state index in [9.17, 15) is 9.59 Å². The van der Waals surface area contributed by atoms with Crippen molar-refractivity contribution in [2.45, 2.75) is 6.92 Å². The Hall–Kier alpha value is -3.79. The van der Waals surface area contributed by atoms with Crippen molar-refractivity contribution < 1.29 is 14.0 Å². The number of amides is 2. The van der Waals surface area contributed by atoms with Crippen molar-refractivity contribution in [2.24, 2.45) is 0 Å². The van der Waals surface area contributed by atoms with Gasteiger partial charge in [-0.1, -0.05) is 0 Å². The molecule has 0 radical (unpaired) electrons. The maximum absolute atomic E-state index is 12.6. The van der Waals surface area contributed by atoms with Gasteiger partial charge in [-0.2, -0.15) is 5.10 Å². The van der Waals surface area contributed by atoms with E-state index in [2.05, 4.69) is 25.7 Å². The SMILES string of the molecule is Cc1cc(NC(=O)c2ccco2)sc1C(=O)Nc1ccc(-n2cncn2)nc1. The summed E-state index contributed by atoms with van der Waals surface area (Å²) in [6.45, 7) is 1.81. The first-order chi connectivity index (χ1) is 13.6. The van der Waals surface area contributed by atoms with Gasteiger partial charge in [0, 0.05) is 0 Å². The van der Waals surface area contributed by atoms with Crippen molar-refractivity contribution in [2.75, 3.05) is 10.6 Å². The number of hydrogen-bond acceptors (Lipinski definition) is 7. The molecule has 4 aromatic heterocycles. The van der Waals surface area contributed by atoms with Gasteiger partial charge in [0.15, 0.2) is 11.6 Å². The van der Waals surface area contributed by atoms with Gasteiger partial charge in [0.2, 0.25) is 0 Å². The van der Waals surface area contributed by atoms with Gasteiger partial charge in [-0.25, -0.2) is 14.6 Å². The Labute approximate surface area is 163 Å². The molecule has 140 valence electrons. The molecule has 0 spiro atoms. The molecular formula is C18H14N6O3S. The van der Waals surface area contributed by atoms with Gasteiger partial charge in [0.1, 0.15) is 12.7 Å². The zero-order chi connectivity index (χ0) is 19.5. The minimum Gasteiger partial charge on any atom is -0.459 e. The van der Waals surface area contributed by atoms with Crippen molar-refractivity contribution in [3.05, 3.63) is 71.6 Å². The molecule has 2 N–H and O–H groups in total. The lowest BCUT2D eigenvalue weighted by Gasteiger charge is -2.05. The summed E-state index contributed by atoms with van der Waals surface area (Å²) in [6.07, 6.45) is 5.92. The van der Waals surface area contributed by atoms with Crippen LogP contribution in [0.1, 0.15) is 25.8 Å². The number of aromatic nitrogens is 4. The fourth-order valence-corrected chi connectivity index (χ4v) is 3.42. The Kier molecular flexibility index (Phi) is 4.68. The number of carbonyl (C=O) groups is 2. The lowest BCUT2D eigenvalue weighted by molar-refractivity contribution is 0.0995. The van der Waals surface area contributed by atoms with Crippen LogP contribution in [-0.2, 0) is 0 Å². The number of pyridine rings is 1. The van der Waals surface area contributed by atoms with E-state index in [0.717, 1.165) is 5.56 Å². The van der Waals surface area contributed by atoms with Gasteiger partial charge in [0.05, 0.1) is 28.0 Å². The highest BCUT2D eigenvalue weighted by Gasteiger charge is 2.17. The monoisotopic (exact) mass is 394 g/mol. The summed E-state index contributed by atoms with van der Waals surface area (Å²) in [5.74, 6) is 0.142. The molecular weight excluding hydrogens is 380 g/mol. The molecule has 2 amide bonds. The van der Waals surface area contributed by atoms with Gasteiger partial charge < -0.3 is 15.1 Å². The van der Waals surface area contributed by atoms with Crippen LogP contribution in [0.5, 0.6) is 0 Å². The summed E-state index contributed by atoms with van der Waals surface area (Å²) in [7, 11) is 0. The molecule has 0 aliphatic rings. The third-order valence-corrected chi connectivity index (χ3v) is 4.92. The van der Waals surface area contributed by atoms with Gasteiger partial charge >= 0.3 is 0 Å². The maximum atomic E-state index is 12.6. The molecule has 0 saturated carbocycles. The van der Waals surface area contributed by atoms with Crippen molar-refractivity contribution in [3.63, 3.8) is 0 Å². The zero-order valence-electron chi connectivity index (χ0n) is 14.6. The van der Waals surface area contributed by atoms with E-state index in [-0.39, 0.29) is 17.6 Å². The van der Waals surface area contributed by atoms with E-state index < -0.39 is 0 Å². The minimum absolute atomic E-state index is 0.204. The molecule has 0 unspecified atom stereocenters. The van der Waals surface area contributed by atoms with Crippen LogP contribution in [-0.4, -0.2) is 31.6 Å². The van der Waals surface area contributed by atoms with Gasteiger partial charge in [-0.05, 0) is 42.8 Å². The molecule has 0 fully saturated rings. The minimum atomic E-state index is -0.369. The standard InChI is InChI=1S/C18H14N6O3S/c1-11-7-15(23-17(25)13-3-2-6-27-13)28-16(11)18(26)22-12-4-5-14(20-8-12)24-10-19-9-21-24/h2-10H,1H3,(H,22,26)(H,23,25). The number of anilines is 2. The second-order valence-corrected chi connectivity index (χ2v) is 6.81. The van der Waals surface area contributed by atoms with Crippen molar-refractivity contribution >= 4 is 33.8 Å². The summed E-state index contributed by atoms with van der Waals surface area (Å²) in [5, 5.41) is 10.1. The summed E-state index contributed by atoms with van der Waals surface area (Å²) < 4.78 is 6.58. The molecule has 0 bridgehead atoms. The average molecular weight is 394 g/mol. The fourth-order valence-electron chi connectivity index (χ4n) is 2.46. The highest BCUT2D eigenvalue weighted by atomic mass is 32.1. The number of furan rings is 1. The van der Waals surface area contributed by atoms with E-state index in [4.69, 9.17) is 4.42 Å². The highest BCUT2D eigenvalue weighted by Crippen LogP contribution is 2.28. The number of rotatable bonds is 5. The summed E-state index contributed by atoms with van der Waals surface area (Å²) in [6, 6.07) is 8.40. The molecule has 0 aliphatic heterocycles. The number of aryl methyl sites for hydroxylation is 1. The van der Waals surface area contributed by atoms with E-state index in [1.807, 2.05) is 0 Å². The number of nitrogens with zero attached hydrogens (tertiary/aromatic N) is 4. The normalized spacial score (nSPS) is 10.6. The molecule has 9 nitrogen and oxygen atoms in total. The molecule has 10 heteroatoms. The van der Waals surface area contributed by atoms with Crippen LogP contribution < -0.4 is 10.6 Å². The van der Waals surface area contributed by atoms with Crippen LogP contribution >= 0.6 is 11.3 Å². The van der Waals surface area contributed by atoms with E-state index in [0.29, 0.717) is 21.4 Å². The molecule has 0 aliphatic carbocycles. The van der Waals surface area contributed by atoms with E-state index >= 15 is 0 Å². The Morgan fingerprint density at radius 3 is 2.75 bits per heavy atom. The van der Waals surface area contributed by atoms with Crippen LogP contribution in [0.3, 0.4) is 0 Å². The third-order valence-electron chi connectivity index (χ3n) is 3.76.